The van der Waals surface area contributed by atoms with Crippen molar-refractivity contribution in [2.75, 3.05) is 13.1 Å². The lowest BCUT2D eigenvalue weighted by atomic mass is 10.3. The van der Waals surface area contributed by atoms with E-state index in [2.05, 4.69) is 15.4 Å². The molecular formula is C8H10N4O2. The number of amides is 1. The Labute approximate surface area is 80.3 Å². The SMILES string of the molecule is O=C(CN1CCCC1=O)c1c[nH]nn1. The third-order valence-corrected chi connectivity index (χ3v) is 2.21. The molecule has 1 aliphatic heterocycles. The van der Waals surface area contributed by atoms with Gasteiger partial charge in [-0.1, -0.05) is 5.21 Å². The Morgan fingerprint density at radius 3 is 3.07 bits per heavy atom. The number of nitrogens with zero attached hydrogens (tertiary/aromatic N) is 3. The molecule has 14 heavy (non-hydrogen) atoms. The zero-order valence-electron chi connectivity index (χ0n) is 7.56. The first-order valence-electron chi connectivity index (χ1n) is 4.45. The molecule has 0 spiro atoms. The molecule has 1 aliphatic rings. The second-order valence-electron chi connectivity index (χ2n) is 3.20. The number of carbonyl (C=O) groups excluding carboxylic acids is 2. The van der Waals surface area contributed by atoms with Crippen molar-refractivity contribution < 1.29 is 9.59 Å². The molecule has 0 atom stereocenters. The van der Waals surface area contributed by atoms with Crippen LogP contribution in [0.1, 0.15) is 23.3 Å². The number of carbonyl (C=O) groups is 2. The fraction of sp³-hybridized carbons (Fsp3) is 0.500. The molecule has 1 amide bonds. The summed E-state index contributed by atoms with van der Waals surface area (Å²) in [6.45, 7) is 0.786. The second kappa shape index (κ2) is 3.57. The van der Waals surface area contributed by atoms with Gasteiger partial charge in [0.05, 0.1) is 12.7 Å². The van der Waals surface area contributed by atoms with Crippen LogP contribution in [0.3, 0.4) is 0 Å². The highest BCUT2D eigenvalue weighted by Gasteiger charge is 2.23. The van der Waals surface area contributed by atoms with E-state index in [1.807, 2.05) is 0 Å². The minimum Gasteiger partial charge on any atom is -0.335 e. The topological polar surface area (TPSA) is 79.0 Å². The largest absolute Gasteiger partial charge is 0.335 e. The number of nitrogens with one attached hydrogen (secondary N) is 1. The summed E-state index contributed by atoms with van der Waals surface area (Å²) in [5.41, 5.74) is 0.282. The van der Waals surface area contributed by atoms with Gasteiger partial charge in [-0.25, -0.2) is 0 Å². The molecule has 0 bridgehead atoms. The highest BCUT2D eigenvalue weighted by Crippen LogP contribution is 2.09. The van der Waals surface area contributed by atoms with E-state index in [4.69, 9.17) is 0 Å². The van der Waals surface area contributed by atoms with E-state index < -0.39 is 0 Å². The maximum atomic E-state index is 11.5. The molecular weight excluding hydrogens is 184 g/mol. The van der Waals surface area contributed by atoms with Crippen LogP contribution in [0.5, 0.6) is 0 Å². The average molecular weight is 194 g/mol. The summed E-state index contributed by atoms with van der Waals surface area (Å²) < 4.78 is 0. The third kappa shape index (κ3) is 1.63. The summed E-state index contributed by atoms with van der Waals surface area (Å²) in [4.78, 5) is 24.3. The van der Waals surface area contributed by atoms with E-state index in [-0.39, 0.29) is 23.9 Å². The highest BCUT2D eigenvalue weighted by molar-refractivity contribution is 5.97. The van der Waals surface area contributed by atoms with E-state index >= 15 is 0 Å². The molecule has 1 fully saturated rings. The van der Waals surface area contributed by atoms with Crippen LogP contribution in [-0.2, 0) is 4.79 Å². The molecule has 74 valence electrons. The lowest BCUT2D eigenvalue weighted by Crippen LogP contribution is -2.30. The predicted octanol–water partition coefficient (Wildman–Crippen LogP) is -0.390. The van der Waals surface area contributed by atoms with Crippen LogP contribution >= 0.6 is 0 Å². The summed E-state index contributed by atoms with van der Waals surface area (Å²) in [7, 11) is 0. The van der Waals surface area contributed by atoms with Crippen molar-refractivity contribution in [3.8, 4) is 0 Å². The fourth-order valence-electron chi connectivity index (χ4n) is 1.46. The van der Waals surface area contributed by atoms with Crippen LogP contribution in [0.4, 0.5) is 0 Å². The Bertz CT molecular complexity index is 346. The first-order chi connectivity index (χ1) is 6.77. The fourth-order valence-corrected chi connectivity index (χ4v) is 1.46. The normalized spacial score (nSPS) is 16.3. The highest BCUT2D eigenvalue weighted by atomic mass is 16.2. The standard InChI is InChI=1S/C8H10N4O2/c13-7(6-4-9-11-10-6)5-12-3-1-2-8(12)14/h4H,1-3,5H2,(H,9,10,11). The van der Waals surface area contributed by atoms with Crippen molar-refractivity contribution in [3.63, 3.8) is 0 Å². The first kappa shape index (κ1) is 8.86. The van der Waals surface area contributed by atoms with Crippen molar-refractivity contribution in [2.24, 2.45) is 0 Å². The molecule has 1 aromatic rings. The summed E-state index contributed by atoms with van der Waals surface area (Å²) >= 11 is 0. The van der Waals surface area contributed by atoms with Crippen LogP contribution in [0.15, 0.2) is 6.20 Å². The van der Waals surface area contributed by atoms with E-state index in [0.717, 1.165) is 6.42 Å². The van der Waals surface area contributed by atoms with Crippen molar-refractivity contribution in [3.05, 3.63) is 11.9 Å². The lowest BCUT2D eigenvalue weighted by Gasteiger charge is -2.12. The molecule has 0 unspecified atom stereocenters. The summed E-state index contributed by atoms with van der Waals surface area (Å²) in [5.74, 6) is -0.129. The van der Waals surface area contributed by atoms with E-state index in [1.54, 1.807) is 4.90 Å². The third-order valence-electron chi connectivity index (χ3n) is 2.21. The summed E-state index contributed by atoms with van der Waals surface area (Å²) in [5, 5.41) is 9.49. The van der Waals surface area contributed by atoms with Crippen molar-refractivity contribution in [2.45, 2.75) is 12.8 Å². The summed E-state index contributed by atoms with van der Waals surface area (Å²) in [6.07, 6.45) is 2.82. The van der Waals surface area contributed by atoms with E-state index in [9.17, 15) is 9.59 Å². The maximum Gasteiger partial charge on any atom is 0.223 e. The second-order valence-corrected chi connectivity index (χ2v) is 3.20. The van der Waals surface area contributed by atoms with Crippen molar-refractivity contribution in [1.82, 2.24) is 20.3 Å². The number of Topliss-reactive ketones (excluding diaryl/α,β-unsaturated/α-hetero) is 1. The molecule has 0 radical (unpaired) electrons. The molecule has 6 heteroatoms. The quantitative estimate of drug-likeness (QED) is 0.664. The molecule has 2 rings (SSSR count). The Hall–Kier alpha value is -1.72. The van der Waals surface area contributed by atoms with Crippen LogP contribution in [0.25, 0.3) is 0 Å². The number of H-pyrrole nitrogens is 1. The van der Waals surface area contributed by atoms with Crippen LogP contribution in [0, 0.1) is 0 Å². The molecule has 1 aromatic heterocycles. The van der Waals surface area contributed by atoms with Gasteiger partial charge >= 0.3 is 0 Å². The zero-order chi connectivity index (χ0) is 9.97. The van der Waals surface area contributed by atoms with Crippen LogP contribution in [0.2, 0.25) is 0 Å². The van der Waals surface area contributed by atoms with Gasteiger partial charge in [0.15, 0.2) is 0 Å². The smallest absolute Gasteiger partial charge is 0.223 e. The molecule has 2 heterocycles. The van der Waals surface area contributed by atoms with Gasteiger partial charge in [0.2, 0.25) is 11.7 Å². The number of hydrogen-bond donors (Lipinski definition) is 1. The van der Waals surface area contributed by atoms with Crippen LogP contribution < -0.4 is 0 Å². The number of aromatic nitrogens is 3. The molecule has 0 aromatic carbocycles. The van der Waals surface area contributed by atoms with Gasteiger partial charge < -0.3 is 4.90 Å². The summed E-state index contributed by atoms with van der Waals surface area (Å²) in [6, 6.07) is 0. The zero-order valence-corrected chi connectivity index (χ0v) is 7.56. The molecule has 1 saturated heterocycles. The van der Waals surface area contributed by atoms with Gasteiger partial charge in [-0.3, -0.25) is 14.7 Å². The van der Waals surface area contributed by atoms with E-state index in [0.29, 0.717) is 13.0 Å². The Balaban J connectivity index is 1.98. The van der Waals surface area contributed by atoms with Gasteiger partial charge in [-0.2, -0.15) is 0 Å². The minimum absolute atomic E-state index is 0.0434. The number of ketones is 1. The van der Waals surface area contributed by atoms with E-state index in [1.165, 1.54) is 6.20 Å². The molecule has 0 aliphatic carbocycles. The first-order valence-corrected chi connectivity index (χ1v) is 4.45. The maximum absolute atomic E-state index is 11.5. The van der Waals surface area contributed by atoms with Crippen molar-refractivity contribution in [1.29, 1.82) is 0 Å². The molecule has 0 saturated carbocycles. The molecule has 1 N–H and O–H groups in total. The van der Waals surface area contributed by atoms with Gasteiger partial charge in [0, 0.05) is 13.0 Å². The minimum atomic E-state index is -0.172. The van der Waals surface area contributed by atoms with Gasteiger partial charge in [0.1, 0.15) is 5.69 Å². The number of rotatable bonds is 3. The Kier molecular flexibility index (Phi) is 2.26. The Morgan fingerprint density at radius 2 is 2.50 bits per heavy atom. The Morgan fingerprint density at radius 1 is 1.64 bits per heavy atom. The van der Waals surface area contributed by atoms with Crippen LogP contribution in [-0.4, -0.2) is 45.1 Å². The average Bonchev–Trinajstić information content (AvgIpc) is 2.77. The van der Waals surface area contributed by atoms with Gasteiger partial charge in [0.25, 0.3) is 0 Å². The van der Waals surface area contributed by atoms with Gasteiger partial charge in [-0.05, 0) is 6.42 Å². The molecule has 6 nitrogen and oxygen atoms in total. The number of likely N-dealkylation sites (tertiary alicyclic amines) is 1. The van der Waals surface area contributed by atoms with Gasteiger partial charge in [-0.15, -0.1) is 5.10 Å². The lowest BCUT2D eigenvalue weighted by molar-refractivity contribution is -0.127. The predicted molar refractivity (Wildman–Crippen MR) is 46.5 cm³/mol. The number of hydrogen-bond acceptors (Lipinski definition) is 4. The van der Waals surface area contributed by atoms with Crippen molar-refractivity contribution >= 4 is 11.7 Å². The number of aromatic amines is 1. The monoisotopic (exact) mass is 194 g/mol.